The number of hydrogen-bond acceptors (Lipinski definition) is 2. The van der Waals surface area contributed by atoms with E-state index in [2.05, 4.69) is 10.2 Å². The van der Waals surface area contributed by atoms with Crippen LogP contribution in [-0.2, 0) is 12.9 Å². The number of benzene rings is 1. The Morgan fingerprint density at radius 2 is 1.88 bits per heavy atom. The van der Waals surface area contributed by atoms with Crippen LogP contribution in [0, 0.1) is 11.6 Å². The Kier molecular flexibility index (Phi) is 2.87. The standard InChI is InChI=1S/C10H8ClF2N3/c1-16-8(5-11)14-15-10(16)9-6(12)3-2-4-7(9)13/h2-4H,5H2,1H3. The van der Waals surface area contributed by atoms with E-state index in [1.54, 1.807) is 7.05 Å². The molecule has 1 heterocycles. The molecule has 0 atom stereocenters. The molecule has 0 N–H and O–H groups in total. The van der Waals surface area contributed by atoms with E-state index in [1.165, 1.54) is 22.8 Å². The molecule has 0 radical (unpaired) electrons. The molecule has 1 aromatic carbocycles. The zero-order chi connectivity index (χ0) is 11.7. The molecule has 0 aliphatic carbocycles. The van der Waals surface area contributed by atoms with Crippen molar-refractivity contribution in [1.82, 2.24) is 14.8 Å². The molecule has 0 amide bonds. The van der Waals surface area contributed by atoms with Gasteiger partial charge in [0.25, 0.3) is 0 Å². The molecule has 0 aliphatic rings. The van der Waals surface area contributed by atoms with Crippen molar-refractivity contribution in [2.45, 2.75) is 5.88 Å². The Morgan fingerprint density at radius 3 is 2.38 bits per heavy atom. The third-order valence-electron chi connectivity index (χ3n) is 2.27. The first kappa shape index (κ1) is 11.0. The van der Waals surface area contributed by atoms with Gasteiger partial charge in [-0.25, -0.2) is 8.78 Å². The number of hydrogen-bond donors (Lipinski definition) is 0. The van der Waals surface area contributed by atoms with Crippen LogP contribution in [0.4, 0.5) is 8.78 Å². The van der Waals surface area contributed by atoms with E-state index < -0.39 is 11.6 Å². The first-order valence-electron chi connectivity index (χ1n) is 4.53. The van der Waals surface area contributed by atoms with E-state index in [1.807, 2.05) is 0 Å². The monoisotopic (exact) mass is 243 g/mol. The van der Waals surface area contributed by atoms with Crippen LogP contribution < -0.4 is 0 Å². The van der Waals surface area contributed by atoms with Gasteiger partial charge in [-0.3, -0.25) is 0 Å². The lowest BCUT2D eigenvalue weighted by molar-refractivity contribution is 0.585. The molecule has 84 valence electrons. The SMILES string of the molecule is Cn1c(CCl)nnc1-c1c(F)cccc1F. The second-order valence-corrected chi connectivity index (χ2v) is 3.50. The van der Waals surface area contributed by atoms with Crippen LogP contribution in [0.1, 0.15) is 5.82 Å². The first-order chi connectivity index (χ1) is 7.65. The Labute approximate surface area is 95.7 Å². The van der Waals surface area contributed by atoms with Gasteiger partial charge in [-0.1, -0.05) is 6.07 Å². The molecular formula is C10H8ClF2N3. The van der Waals surface area contributed by atoms with Gasteiger partial charge in [0.05, 0.1) is 11.4 Å². The maximum Gasteiger partial charge on any atom is 0.169 e. The van der Waals surface area contributed by atoms with Crippen molar-refractivity contribution >= 4 is 11.6 Å². The number of halogens is 3. The molecule has 1 aromatic heterocycles. The smallest absolute Gasteiger partial charge is 0.169 e. The largest absolute Gasteiger partial charge is 0.313 e. The second-order valence-electron chi connectivity index (χ2n) is 3.23. The predicted molar refractivity (Wildman–Crippen MR) is 55.9 cm³/mol. The van der Waals surface area contributed by atoms with Crippen molar-refractivity contribution in [3.05, 3.63) is 35.7 Å². The second kappa shape index (κ2) is 4.17. The Hall–Kier alpha value is -1.49. The van der Waals surface area contributed by atoms with Crippen LogP contribution in [0.15, 0.2) is 18.2 Å². The van der Waals surface area contributed by atoms with Crippen molar-refractivity contribution < 1.29 is 8.78 Å². The van der Waals surface area contributed by atoms with E-state index >= 15 is 0 Å². The molecule has 0 aliphatic heterocycles. The van der Waals surface area contributed by atoms with Gasteiger partial charge in [0.1, 0.15) is 17.5 Å². The fourth-order valence-electron chi connectivity index (χ4n) is 1.41. The van der Waals surface area contributed by atoms with Crippen LogP contribution in [0.2, 0.25) is 0 Å². The van der Waals surface area contributed by atoms with Gasteiger partial charge in [-0.15, -0.1) is 21.8 Å². The van der Waals surface area contributed by atoms with E-state index in [-0.39, 0.29) is 17.3 Å². The number of alkyl halides is 1. The van der Waals surface area contributed by atoms with Gasteiger partial charge in [-0.05, 0) is 12.1 Å². The van der Waals surface area contributed by atoms with Crippen LogP contribution in [0.5, 0.6) is 0 Å². The molecule has 3 nitrogen and oxygen atoms in total. The molecule has 0 spiro atoms. The van der Waals surface area contributed by atoms with Gasteiger partial charge in [0, 0.05) is 7.05 Å². The van der Waals surface area contributed by atoms with Crippen LogP contribution in [-0.4, -0.2) is 14.8 Å². The molecule has 6 heteroatoms. The first-order valence-corrected chi connectivity index (χ1v) is 5.07. The van der Waals surface area contributed by atoms with Gasteiger partial charge < -0.3 is 4.57 Å². The minimum Gasteiger partial charge on any atom is -0.313 e. The lowest BCUT2D eigenvalue weighted by Gasteiger charge is -2.04. The van der Waals surface area contributed by atoms with Crippen molar-refractivity contribution in [3.63, 3.8) is 0 Å². The number of rotatable bonds is 2. The average Bonchev–Trinajstić information content (AvgIpc) is 2.60. The van der Waals surface area contributed by atoms with E-state index in [0.29, 0.717) is 5.82 Å². The maximum absolute atomic E-state index is 13.5. The average molecular weight is 244 g/mol. The summed E-state index contributed by atoms with van der Waals surface area (Å²) in [4.78, 5) is 0. The summed E-state index contributed by atoms with van der Waals surface area (Å²) in [7, 11) is 1.61. The molecule has 0 unspecified atom stereocenters. The molecule has 16 heavy (non-hydrogen) atoms. The summed E-state index contributed by atoms with van der Waals surface area (Å²) < 4.78 is 28.4. The van der Waals surface area contributed by atoms with Gasteiger partial charge in [-0.2, -0.15) is 0 Å². The van der Waals surface area contributed by atoms with Gasteiger partial charge in [0.2, 0.25) is 0 Å². The lowest BCUT2D eigenvalue weighted by atomic mass is 10.2. The Balaban J connectivity index is 2.63. The minimum atomic E-state index is -0.670. The number of aromatic nitrogens is 3. The van der Waals surface area contributed by atoms with Gasteiger partial charge >= 0.3 is 0 Å². The van der Waals surface area contributed by atoms with Crippen molar-refractivity contribution in [3.8, 4) is 11.4 Å². The summed E-state index contributed by atoms with van der Waals surface area (Å²) in [6.07, 6.45) is 0. The Morgan fingerprint density at radius 1 is 1.25 bits per heavy atom. The zero-order valence-corrected chi connectivity index (χ0v) is 9.17. The van der Waals surface area contributed by atoms with E-state index in [4.69, 9.17) is 11.6 Å². The summed E-state index contributed by atoms with van der Waals surface area (Å²) >= 11 is 5.60. The van der Waals surface area contributed by atoms with Crippen LogP contribution in [0.25, 0.3) is 11.4 Å². The highest BCUT2D eigenvalue weighted by Crippen LogP contribution is 2.24. The Bertz CT molecular complexity index is 505. The molecule has 0 saturated heterocycles. The van der Waals surface area contributed by atoms with Crippen molar-refractivity contribution in [2.24, 2.45) is 7.05 Å². The highest BCUT2D eigenvalue weighted by molar-refractivity contribution is 6.16. The number of nitrogens with zero attached hydrogens (tertiary/aromatic N) is 3. The molecule has 2 aromatic rings. The maximum atomic E-state index is 13.5. The topological polar surface area (TPSA) is 30.7 Å². The normalized spacial score (nSPS) is 10.8. The summed E-state index contributed by atoms with van der Waals surface area (Å²) in [6, 6.07) is 3.65. The van der Waals surface area contributed by atoms with Crippen LogP contribution in [0.3, 0.4) is 0 Å². The zero-order valence-electron chi connectivity index (χ0n) is 8.41. The quantitative estimate of drug-likeness (QED) is 0.759. The third kappa shape index (κ3) is 1.67. The molecule has 0 bridgehead atoms. The summed E-state index contributed by atoms with van der Waals surface area (Å²) in [5, 5.41) is 7.47. The highest BCUT2D eigenvalue weighted by Gasteiger charge is 2.17. The molecule has 0 fully saturated rings. The summed E-state index contributed by atoms with van der Waals surface area (Å²) in [5.74, 6) is -0.613. The van der Waals surface area contributed by atoms with Crippen molar-refractivity contribution in [1.29, 1.82) is 0 Å². The fraction of sp³-hybridized carbons (Fsp3) is 0.200. The van der Waals surface area contributed by atoms with Crippen LogP contribution >= 0.6 is 11.6 Å². The fourth-order valence-corrected chi connectivity index (χ4v) is 1.64. The molecule has 2 rings (SSSR count). The predicted octanol–water partition coefficient (Wildman–Crippen LogP) is 2.50. The van der Waals surface area contributed by atoms with Crippen molar-refractivity contribution in [2.75, 3.05) is 0 Å². The highest BCUT2D eigenvalue weighted by atomic mass is 35.5. The van der Waals surface area contributed by atoms with E-state index in [0.717, 1.165) is 0 Å². The summed E-state index contributed by atoms with van der Waals surface area (Å²) in [6.45, 7) is 0. The summed E-state index contributed by atoms with van der Waals surface area (Å²) in [5.41, 5.74) is -0.186. The van der Waals surface area contributed by atoms with Gasteiger partial charge in [0.15, 0.2) is 5.82 Å². The lowest BCUT2D eigenvalue weighted by Crippen LogP contribution is -2.00. The molecule has 0 saturated carbocycles. The minimum absolute atomic E-state index is 0.131. The van der Waals surface area contributed by atoms with E-state index in [9.17, 15) is 8.78 Å². The third-order valence-corrected chi connectivity index (χ3v) is 2.51. The molecular weight excluding hydrogens is 236 g/mol.